The van der Waals surface area contributed by atoms with Gasteiger partial charge in [-0.3, -0.25) is 0 Å². The van der Waals surface area contributed by atoms with E-state index in [0.29, 0.717) is 11.7 Å². The zero-order chi connectivity index (χ0) is 11.4. The second-order valence-electron chi connectivity index (χ2n) is 3.82. The summed E-state index contributed by atoms with van der Waals surface area (Å²) in [6, 6.07) is 7.61. The van der Waals surface area contributed by atoms with E-state index < -0.39 is 0 Å². The summed E-state index contributed by atoms with van der Waals surface area (Å²) < 4.78 is 6.65. The lowest BCUT2D eigenvalue weighted by Gasteiger charge is -2.23. The van der Waals surface area contributed by atoms with E-state index in [9.17, 15) is 0 Å². The van der Waals surface area contributed by atoms with Crippen LogP contribution < -0.4 is 10.1 Å². The highest BCUT2D eigenvalue weighted by atomic mass is 79.9. The summed E-state index contributed by atoms with van der Waals surface area (Å²) in [5.41, 5.74) is 0.637. The zero-order valence-electron chi connectivity index (χ0n) is 8.87. The second-order valence-corrected chi connectivity index (χ2v) is 4.68. The fourth-order valence-corrected chi connectivity index (χ4v) is 2.21. The van der Waals surface area contributed by atoms with Gasteiger partial charge in [-0.15, -0.1) is 0 Å². The van der Waals surface area contributed by atoms with Crippen molar-refractivity contribution in [1.82, 2.24) is 5.32 Å². The van der Waals surface area contributed by atoms with Crippen molar-refractivity contribution in [1.29, 1.82) is 5.26 Å². The smallest absolute Gasteiger partial charge is 0.120 e. The monoisotopic (exact) mass is 280 g/mol. The molecule has 1 heterocycles. The van der Waals surface area contributed by atoms with E-state index in [1.54, 1.807) is 6.07 Å². The van der Waals surface area contributed by atoms with Crippen LogP contribution in [-0.4, -0.2) is 19.2 Å². The van der Waals surface area contributed by atoms with Gasteiger partial charge in [0.15, 0.2) is 0 Å². The average molecular weight is 281 g/mol. The highest BCUT2D eigenvalue weighted by molar-refractivity contribution is 9.10. The molecule has 0 radical (unpaired) electrons. The molecule has 84 valence electrons. The van der Waals surface area contributed by atoms with Crippen molar-refractivity contribution in [2.45, 2.75) is 18.9 Å². The highest BCUT2D eigenvalue weighted by Crippen LogP contribution is 2.24. The van der Waals surface area contributed by atoms with Gasteiger partial charge in [0.1, 0.15) is 17.9 Å². The lowest BCUT2D eigenvalue weighted by molar-refractivity contribution is 0.162. The van der Waals surface area contributed by atoms with Crippen molar-refractivity contribution in [3.05, 3.63) is 28.2 Å². The first-order chi connectivity index (χ1) is 7.79. The van der Waals surface area contributed by atoms with E-state index in [-0.39, 0.29) is 0 Å². The molecule has 1 saturated heterocycles. The number of piperidine rings is 1. The number of ether oxygens (including phenoxy) is 1. The van der Waals surface area contributed by atoms with Gasteiger partial charge < -0.3 is 10.1 Å². The van der Waals surface area contributed by atoms with Gasteiger partial charge in [0.25, 0.3) is 0 Å². The molecule has 1 aromatic rings. The molecule has 1 aliphatic heterocycles. The number of nitrogens with zero attached hydrogens (tertiary/aromatic N) is 1. The van der Waals surface area contributed by atoms with Crippen LogP contribution in [0.5, 0.6) is 5.75 Å². The molecule has 0 unspecified atom stereocenters. The molecule has 1 aromatic carbocycles. The fraction of sp³-hybridized carbons (Fsp3) is 0.417. The van der Waals surface area contributed by atoms with Crippen LogP contribution in [0.1, 0.15) is 18.4 Å². The number of rotatable bonds is 2. The molecule has 0 atom stereocenters. The van der Waals surface area contributed by atoms with E-state index >= 15 is 0 Å². The van der Waals surface area contributed by atoms with E-state index in [4.69, 9.17) is 10.00 Å². The van der Waals surface area contributed by atoms with Crippen LogP contribution in [0.15, 0.2) is 22.7 Å². The number of hydrogen-bond acceptors (Lipinski definition) is 3. The van der Waals surface area contributed by atoms with E-state index in [1.807, 2.05) is 12.1 Å². The maximum atomic E-state index is 8.80. The minimum absolute atomic E-state index is 0.293. The Morgan fingerprint density at radius 1 is 1.38 bits per heavy atom. The molecule has 2 rings (SSSR count). The number of benzene rings is 1. The van der Waals surface area contributed by atoms with E-state index in [2.05, 4.69) is 27.3 Å². The predicted octanol–water partition coefficient (Wildman–Crippen LogP) is 2.45. The van der Waals surface area contributed by atoms with Crippen molar-refractivity contribution in [3.63, 3.8) is 0 Å². The molecule has 1 aliphatic rings. The maximum Gasteiger partial charge on any atom is 0.120 e. The number of nitriles is 1. The van der Waals surface area contributed by atoms with Crippen LogP contribution in [0.4, 0.5) is 0 Å². The summed E-state index contributed by atoms with van der Waals surface area (Å²) >= 11 is 3.36. The quantitative estimate of drug-likeness (QED) is 0.905. The average Bonchev–Trinajstić information content (AvgIpc) is 2.31. The lowest BCUT2D eigenvalue weighted by Crippen LogP contribution is -2.34. The summed E-state index contributed by atoms with van der Waals surface area (Å²) in [6.07, 6.45) is 2.37. The molecule has 4 heteroatoms. The molecule has 16 heavy (non-hydrogen) atoms. The molecule has 0 aromatic heterocycles. The van der Waals surface area contributed by atoms with Gasteiger partial charge in [-0.2, -0.15) is 5.26 Å². The molecular formula is C12H13BrN2O. The van der Waals surface area contributed by atoms with Gasteiger partial charge in [-0.25, -0.2) is 0 Å². The molecule has 0 aliphatic carbocycles. The Kier molecular flexibility index (Phi) is 3.81. The normalized spacial score (nSPS) is 16.8. The predicted molar refractivity (Wildman–Crippen MR) is 65.4 cm³/mol. The zero-order valence-corrected chi connectivity index (χ0v) is 10.5. The van der Waals surface area contributed by atoms with Gasteiger partial charge in [-0.1, -0.05) is 0 Å². The van der Waals surface area contributed by atoms with Gasteiger partial charge in [0.05, 0.1) is 5.56 Å². The molecule has 0 bridgehead atoms. The minimum atomic E-state index is 0.293. The van der Waals surface area contributed by atoms with Crippen LogP contribution >= 0.6 is 15.9 Å². The largest absolute Gasteiger partial charge is 0.490 e. The Hall–Kier alpha value is -1.05. The summed E-state index contributed by atoms with van der Waals surface area (Å²) in [7, 11) is 0. The Bertz CT molecular complexity index is 408. The molecule has 0 saturated carbocycles. The highest BCUT2D eigenvalue weighted by Gasteiger charge is 2.14. The van der Waals surface area contributed by atoms with Crippen molar-refractivity contribution in [3.8, 4) is 11.8 Å². The van der Waals surface area contributed by atoms with Crippen LogP contribution in [-0.2, 0) is 0 Å². The Labute approximate surface area is 104 Å². The molecule has 3 nitrogen and oxygen atoms in total. The van der Waals surface area contributed by atoms with Gasteiger partial charge >= 0.3 is 0 Å². The van der Waals surface area contributed by atoms with Crippen molar-refractivity contribution < 1.29 is 4.74 Å². The third-order valence-corrected chi connectivity index (χ3v) is 3.31. The maximum absolute atomic E-state index is 8.80. The van der Waals surface area contributed by atoms with Crippen molar-refractivity contribution in [2.75, 3.05) is 13.1 Å². The molecule has 1 N–H and O–H groups in total. The molecule has 0 spiro atoms. The van der Waals surface area contributed by atoms with Crippen LogP contribution in [0.2, 0.25) is 0 Å². The summed E-state index contributed by atoms with van der Waals surface area (Å²) in [6.45, 7) is 2.03. The van der Waals surface area contributed by atoms with Gasteiger partial charge in [-0.05, 0) is 60.1 Å². The van der Waals surface area contributed by atoms with Crippen LogP contribution in [0, 0.1) is 11.3 Å². The topological polar surface area (TPSA) is 45.0 Å². The molecular weight excluding hydrogens is 268 g/mol. The van der Waals surface area contributed by atoms with Crippen molar-refractivity contribution >= 4 is 15.9 Å². The van der Waals surface area contributed by atoms with E-state index in [1.165, 1.54) is 0 Å². The Balaban J connectivity index is 2.04. The summed E-state index contributed by atoms with van der Waals surface area (Å²) in [4.78, 5) is 0. The SMILES string of the molecule is N#Cc1ccc(OC2CCNCC2)cc1Br. The lowest BCUT2D eigenvalue weighted by atomic mass is 10.1. The third-order valence-electron chi connectivity index (χ3n) is 2.65. The van der Waals surface area contributed by atoms with Crippen molar-refractivity contribution in [2.24, 2.45) is 0 Å². The first-order valence-corrected chi connectivity index (χ1v) is 6.16. The number of halogens is 1. The Morgan fingerprint density at radius 2 is 2.12 bits per heavy atom. The van der Waals surface area contributed by atoms with Gasteiger partial charge in [0, 0.05) is 4.47 Å². The summed E-state index contributed by atoms with van der Waals surface area (Å²) in [5.74, 6) is 0.831. The van der Waals surface area contributed by atoms with Crippen LogP contribution in [0.25, 0.3) is 0 Å². The molecule has 0 amide bonds. The first-order valence-electron chi connectivity index (χ1n) is 5.36. The van der Waals surface area contributed by atoms with Crippen LogP contribution in [0.3, 0.4) is 0 Å². The van der Waals surface area contributed by atoms with E-state index in [0.717, 1.165) is 36.2 Å². The number of hydrogen-bond donors (Lipinski definition) is 1. The third kappa shape index (κ3) is 2.75. The second kappa shape index (κ2) is 5.33. The number of nitrogens with one attached hydrogen (secondary N) is 1. The molecule has 1 fully saturated rings. The first kappa shape index (κ1) is 11.4. The fourth-order valence-electron chi connectivity index (χ4n) is 1.77. The Morgan fingerprint density at radius 3 is 2.75 bits per heavy atom. The minimum Gasteiger partial charge on any atom is -0.490 e. The van der Waals surface area contributed by atoms with Gasteiger partial charge in [0.2, 0.25) is 0 Å². The summed E-state index contributed by atoms with van der Waals surface area (Å²) in [5, 5.41) is 12.1. The standard InChI is InChI=1S/C12H13BrN2O/c13-12-7-11(2-1-9(12)8-14)16-10-3-5-15-6-4-10/h1-2,7,10,15H,3-6H2.